The molecule has 0 fully saturated rings. The van der Waals surface area contributed by atoms with Crippen LogP contribution in [0.15, 0.2) is 109 Å². The molecule has 0 unspecified atom stereocenters. The third kappa shape index (κ3) is 5.30. The summed E-state index contributed by atoms with van der Waals surface area (Å²) in [6.45, 7) is 0. The zero-order chi connectivity index (χ0) is 25.8. The molecule has 0 bridgehead atoms. The van der Waals surface area contributed by atoms with Crippen LogP contribution in [0.5, 0.6) is 17.2 Å². The SMILES string of the molecule is O=C(Nc1cc(Oc2ccc(O)cc2)cc([N+](=O)[O-])c1)c1cn(-c2ccccc2)nc1-c1ccccc1. The van der Waals surface area contributed by atoms with E-state index in [2.05, 4.69) is 10.4 Å². The summed E-state index contributed by atoms with van der Waals surface area (Å²) in [5.74, 6) is 0.0891. The van der Waals surface area contributed by atoms with Crippen LogP contribution in [0.3, 0.4) is 0 Å². The summed E-state index contributed by atoms with van der Waals surface area (Å²) in [5, 5.41) is 28.4. The molecule has 0 atom stereocenters. The van der Waals surface area contributed by atoms with Gasteiger partial charge in [0.05, 0.1) is 27.9 Å². The second-order valence-electron chi connectivity index (χ2n) is 8.06. The lowest BCUT2D eigenvalue weighted by Gasteiger charge is -2.10. The average Bonchev–Trinajstić information content (AvgIpc) is 3.37. The Morgan fingerprint density at radius 1 is 0.892 bits per heavy atom. The van der Waals surface area contributed by atoms with Gasteiger partial charge in [-0.25, -0.2) is 4.68 Å². The lowest BCUT2D eigenvalue weighted by Crippen LogP contribution is -2.12. The number of benzene rings is 4. The number of ether oxygens (including phenoxy) is 1. The van der Waals surface area contributed by atoms with Gasteiger partial charge in [0.1, 0.15) is 22.9 Å². The van der Waals surface area contributed by atoms with Crippen LogP contribution < -0.4 is 10.1 Å². The van der Waals surface area contributed by atoms with E-state index in [-0.39, 0.29) is 22.9 Å². The standard InChI is InChI=1S/C28H20N4O5/c33-23-11-13-24(14-12-23)37-25-16-20(15-22(17-25)32(35)36)29-28(34)26-18-31(21-9-5-2-6-10-21)30-27(26)19-7-3-1-4-8-19/h1-18,33H,(H,29,34). The molecule has 37 heavy (non-hydrogen) atoms. The van der Waals surface area contributed by atoms with Crippen LogP contribution in [0, 0.1) is 10.1 Å². The van der Waals surface area contributed by atoms with Gasteiger partial charge < -0.3 is 15.2 Å². The molecule has 2 N–H and O–H groups in total. The predicted molar refractivity (Wildman–Crippen MR) is 138 cm³/mol. The van der Waals surface area contributed by atoms with E-state index in [1.54, 1.807) is 10.9 Å². The zero-order valence-corrected chi connectivity index (χ0v) is 19.3. The fraction of sp³-hybridized carbons (Fsp3) is 0. The Balaban J connectivity index is 1.50. The minimum Gasteiger partial charge on any atom is -0.508 e. The minimum atomic E-state index is -0.567. The number of amides is 1. The summed E-state index contributed by atoms with van der Waals surface area (Å²) < 4.78 is 7.34. The van der Waals surface area contributed by atoms with E-state index in [1.165, 1.54) is 42.5 Å². The van der Waals surface area contributed by atoms with Crippen molar-refractivity contribution >= 4 is 17.3 Å². The smallest absolute Gasteiger partial charge is 0.275 e. The highest BCUT2D eigenvalue weighted by molar-refractivity contribution is 6.08. The fourth-order valence-corrected chi connectivity index (χ4v) is 3.73. The highest BCUT2D eigenvalue weighted by atomic mass is 16.6. The van der Waals surface area contributed by atoms with Crippen molar-refractivity contribution in [3.05, 3.63) is 125 Å². The van der Waals surface area contributed by atoms with Crippen molar-refractivity contribution < 1.29 is 19.6 Å². The maximum absolute atomic E-state index is 13.4. The molecule has 0 spiro atoms. The Hall–Kier alpha value is -5.44. The Labute approximate surface area is 211 Å². The maximum atomic E-state index is 13.4. The summed E-state index contributed by atoms with van der Waals surface area (Å²) in [5.41, 5.74) is 2.21. The van der Waals surface area contributed by atoms with E-state index < -0.39 is 10.8 Å². The minimum absolute atomic E-state index is 0.0598. The molecule has 5 rings (SSSR count). The number of nitro benzene ring substituents is 1. The average molecular weight is 492 g/mol. The van der Waals surface area contributed by atoms with Crippen LogP contribution in [-0.4, -0.2) is 25.7 Å². The molecule has 5 aromatic rings. The molecule has 0 aliphatic rings. The molecule has 9 heteroatoms. The first-order valence-electron chi connectivity index (χ1n) is 11.2. The third-order valence-corrected chi connectivity index (χ3v) is 5.46. The first kappa shape index (κ1) is 23.3. The van der Waals surface area contributed by atoms with Crippen LogP contribution in [0.2, 0.25) is 0 Å². The monoisotopic (exact) mass is 492 g/mol. The molecule has 0 saturated heterocycles. The number of phenols is 1. The number of aromatic nitrogens is 2. The molecule has 182 valence electrons. The van der Waals surface area contributed by atoms with Gasteiger partial charge >= 0.3 is 0 Å². The Kier molecular flexibility index (Phi) is 6.33. The number of non-ortho nitro benzene ring substituents is 1. The van der Waals surface area contributed by atoms with E-state index in [0.29, 0.717) is 17.0 Å². The van der Waals surface area contributed by atoms with Gasteiger partial charge in [0.15, 0.2) is 0 Å². The van der Waals surface area contributed by atoms with Crippen molar-refractivity contribution in [1.29, 1.82) is 0 Å². The molecule has 1 heterocycles. The molecule has 9 nitrogen and oxygen atoms in total. The van der Waals surface area contributed by atoms with E-state index in [4.69, 9.17) is 4.74 Å². The quantitative estimate of drug-likeness (QED) is 0.206. The number of hydrogen-bond donors (Lipinski definition) is 2. The van der Waals surface area contributed by atoms with E-state index in [0.717, 1.165) is 11.3 Å². The topological polar surface area (TPSA) is 120 Å². The highest BCUT2D eigenvalue weighted by Crippen LogP contribution is 2.31. The zero-order valence-electron chi connectivity index (χ0n) is 19.3. The second kappa shape index (κ2) is 10.0. The first-order chi connectivity index (χ1) is 18.0. The molecule has 1 amide bonds. The predicted octanol–water partition coefficient (Wildman–Crippen LogP) is 6.20. The summed E-state index contributed by atoms with van der Waals surface area (Å²) >= 11 is 0. The lowest BCUT2D eigenvalue weighted by atomic mass is 10.1. The van der Waals surface area contributed by atoms with E-state index >= 15 is 0 Å². The second-order valence-corrected chi connectivity index (χ2v) is 8.06. The molecule has 1 aromatic heterocycles. The highest BCUT2D eigenvalue weighted by Gasteiger charge is 2.20. The van der Waals surface area contributed by atoms with Gasteiger partial charge in [0.25, 0.3) is 11.6 Å². The van der Waals surface area contributed by atoms with Crippen molar-refractivity contribution in [2.75, 3.05) is 5.32 Å². The van der Waals surface area contributed by atoms with Crippen LogP contribution in [0.4, 0.5) is 11.4 Å². The maximum Gasteiger partial charge on any atom is 0.275 e. The number of aromatic hydroxyl groups is 1. The third-order valence-electron chi connectivity index (χ3n) is 5.46. The van der Waals surface area contributed by atoms with Gasteiger partial charge in [-0.3, -0.25) is 14.9 Å². The van der Waals surface area contributed by atoms with Crippen molar-refractivity contribution in [3.63, 3.8) is 0 Å². The fourth-order valence-electron chi connectivity index (χ4n) is 3.73. The van der Waals surface area contributed by atoms with Gasteiger partial charge in [-0.05, 0) is 36.4 Å². The summed E-state index contributed by atoms with van der Waals surface area (Å²) in [7, 11) is 0. The molecule has 0 radical (unpaired) electrons. The van der Waals surface area contributed by atoms with Gasteiger partial charge in [-0.2, -0.15) is 5.10 Å². The summed E-state index contributed by atoms with van der Waals surface area (Å²) in [4.78, 5) is 24.4. The van der Waals surface area contributed by atoms with Crippen molar-refractivity contribution in [2.24, 2.45) is 0 Å². The van der Waals surface area contributed by atoms with Gasteiger partial charge in [0.2, 0.25) is 0 Å². The van der Waals surface area contributed by atoms with Crippen molar-refractivity contribution in [2.45, 2.75) is 0 Å². The van der Waals surface area contributed by atoms with E-state index in [9.17, 15) is 20.0 Å². The van der Waals surface area contributed by atoms with Gasteiger partial charge in [-0.15, -0.1) is 0 Å². The Morgan fingerprint density at radius 2 is 1.57 bits per heavy atom. The first-order valence-corrected chi connectivity index (χ1v) is 11.2. The Bertz CT molecular complexity index is 1570. The largest absolute Gasteiger partial charge is 0.508 e. The van der Waals surface area contributed by atoms with Crippen LogP contribution in [0.1, 0.15) is 10.4 Å². The molecule has 0 aliphatic heterocycles. The van der Waals surface area contributed by atoms with Crippen LogP contribution in [0.25, 0.3) is 16.9 Å². The number of carbonyl (C=O) groups is 1. The molecule has 0 aliphatic carbocycles. The van der Waals surface area contributed by atoms with Gasteiger partial charge in [-0.1, -0.05) is 48.5 Å². The number of rotatable bonds is 7. The molecule has 4 aromatic carbocycles. The van der Waals surface area contributed by atoms with Crippen molar-refractivity contribution in [1.82, 2.24) is 9.78 Å². The number of para-hydroxylation sites is 1. The van der Waals surface area contributed by atoms with Gasteiger partial charge in [0, 0.05) is 23.9 Å². The summed E-state index contributed by atoms with van der Waals surface area (Å²) in [6.07, 6.45) is 1.62. The number of carbonyl (C=O) groups excluding carboxylic acids is 1. The summed E-state index contributed by atoms with van der Waals surface area (Å²) in [6, 6.07) is 28.6. The molecular formula is C28H20N4O5. The Morgan fingerprint density at radius 3 is 2.24 bits per heavy atom. The number of hydrogen-bond acceptors (Lipinski definition) is 6. The van der Waals surface area contributed by atoms with E-state index in [1.807, 2.05) is 60.7 Å². The lowest BCUT2D eigenvalue weighted by molar-refractivity contribution is -0.384. The number of nitrogens with one attached hydrogen (secondary N) is 1. The van der Waals surface area contributed by atoms with Crippen LogP contribution >= 0.6 is 0 Å². The number of phenolic OH excluding ortho intramolecular Hbond substituents is 1. The number of anilines is 1. The van der Waals surface area contributed by atoms with Crippen molar-refractivity contribution in [3.8, 4) is 34.2 Å². The number of nitrogens with zero attached hydrogens (tertiary/aromatic N) is 3. The molecule has 0 saturated carbocycles. The molecular weight excluding hydrogens is 472 g/mol. The number of nitro groups is 1. The normalized spacial score (nSPS) is 10.6. The van der Waals surface area contributed by atoms with Crippen LogP contribution in [-0.2, 0) is 0 Å².